The van der Waals surface area contributed by atoms with Crippen LogP contribution in [0.3, 0.4) is 0 Å². The Balaban J connectivity index is 1.78. The first-order valence-electron chi connectivity index (χ1n) is 13.6. The number of amides is 2. The van der Waals surface area contributed by atoms with Crippen molar-refractivity contribution in [2.75, 3.05) is 7.11 Å². The van der Waals surface area contributed by atoms with Crippen LogP contribution in [0.4, 0.5) is 4.79 Å². The molecule has 1 unspecified atom stereocenters. The molecule has 0 aliphatic carbocycles. The van der Waals surface area contributed by atoms with Crippen molar-refractivity contribution in [2.24, 2.45) is 5.92 Å². The number of aromatic nitrogens is 2. The molecule has 2 aromatic heterocycles. The molecule has 0 saturated carbocycles. The van der Waals surface area contributed by atoms with E-state index in [1.54, 1.807) is 20.8 Å². The van der Waals surface area contributed by atoms with E-state index in [-0.39, 0.29) is 23.9 Å². The van der Waals surface area contributed by atoms with E-state index in [9.17, 15) is 14.4 Å². The van der Waals surface area contributed by atoms with Crippen LogP contribution < -0.4 is 10.6 Å². The average Bonchev–Trinajstić information content (AvgIpc) is 3.46. The molecule has 2 amide bonds. The first kappa shape index (κ1) is 28.9. The minimum Gasteiger partial charge on any atom is -0.464 e. The molecule has 2 N–H and O–H groups in total. The number of hydrogen-bond acceptors (Lipinski definition) is 7. The molecule has 214 valence electrons. The third-order valence-electron chi connectivity index (χ3n) is 6.63. The Morgan fingerprint density at radius 1 is 1.20 bits per heavy atom. The van der Waals surface area contributed by atoms with Gasteiger partial charge in [0.15, 0.2) is 5.69 Å². The number of alkyl carbamates (subject to hydrolysis) is 1. The fourth-order valence-electron chi connectivity index (χ4n) is 4.73. The summed E-state index contributed by atoms with van der Waals surface area (Å²) in [6, 6.07) is 6.37. The molecule has 3 heterocycles. The summed E-state index contributed by atoms with van der Waals surface area (Å²) in [7, 11) is 1.29. The SMILES string of the molecule is COC(=O)c1nc2oc1CCC=CCn1cc(c3ccccc31)C[C@H](NC(=O)OC(C)(C)C)C(=O)NC2C(C)C. The highest BCUT2D eigenvalue weighted by Gasteiger charge is 2.32. The highest BCUT2D eigenvalue weighted by Crippen LogP contribution is 2.27. The molecule has 0 saturated heterocycles. The van der Waals surface area contributed by atoms with Crippen molar-refractivity contribution in [1.82, 2.24) is 20.2 Å². The van der Waals surface area contributed by atoms with Crippen molar-refractivity contribution in [1.29, 1.82) is 0 Å². The maximum Gasteiger partial charge on any atom is 0.408 e. The lowest BCUT2D eigenvalue weighted by Gasteiger charge is -2.26. The number of nitrogens with one attached hydrogen (secondary N) is 2. The van der Waals surface area contributed by atoms with Gasteiger partial charge in [-0.1, -0.05) is 44.2 Å². The third-order valence-corrected chi connectivity index (χ3v) is 6.63. The Kier molecular flexibility index (Phi) is 8.66. The molecule has 4 bridgehead atoms. The number of benzene rings is 1. The van der Waals surface area contributed by atoms with Gasteiger partial charge < -0.3 is 29.1 Å². The van der Waals surface area contributed by atoms with Crippen LogP contribution in [0.5, 0.6) is 0 Å². The highest BCUT2D eigenvalue weighted by atomic mass is 16.6. The van der Waals surface area contributed by atoms with Crippen LogP contribution in [-0.2, 0) is 33.7 Å². The van der Waals surface area contributed by atoms with Gasteiger partial charge in [0.25, 0.3) is 0 Å². The zero-order chi connectivity index (χ0) is 29.0. The first-order valence-corrected chi connectivity index (χ1v) is 13.6. The molecule has 1 aliphatic heterocycles. The number of para-hydroxylation sites is 1. The van der Waals surface area contributed by atoms with E-state index in [0.29, 0.717) is 25.1 Å². The molecular weight excluding hydrogens is 512 g/mol. The minimum atomic E-state index is -0.951. The molecule has 1 aliphatic rings. The van der Waals surface area contributed by atoms with Crippen LogP contribution in [0.2, 0.25) is 0 Å². The first-order chi connectivity index (χ1) is 19.0. The molecule has 4 rings (SSSR count). The Morgan fingerprint density at radius 3 is 2.65 bits per heavy atom. The summed E-state index contributed by atoms with van der Waals surface area (Å²) in [4.78, 5) is 43.5. The van der Waals surface area contributed by atoms with Gasteiger partial charge in [0.1, 0.15) is 23.4 Å². The Hall–Kier alpha value is -4.08. The molecule has 10 heteroatoms. The third kappa shape index (κ3) is 6.73. The second kappa shape index (κ2) is 12.0. The van der Waals surface area contributed by atoms with E-state index in [1.807, 2.05) is 50.4 Å². The lowest BCUT2D eigenvalue weighted by molar-refractivity contribution is -0.124. The lowest BCUT2D eigenvalue weighted by Crippen LogP contribution is -2.50. The van der Waals surface area contributed by atoms with Gasteiger partial charge in [-0.3, -0.25) is 4.79 Å². The number of hydrogen-bond donors (Lipinski definition) is 2. The molecular formula is C30H38N4O6. The summed E-state index contributed by atoms with van der Waals surface area (Å²) in [6.07, 6.45) is 6.72. The molecule has 0 radical (unpaired) electrons. The number of aryl methyl sites for hydroxylation is 1. The molecule has 1 aromatic carbocycles. The summed E-state index contributed by atoms with van der Waals surface area (Å²) >= 11 is 0. The normalized spacial score (nSPS) is 18.4. The number of rotatable bonds is 3. The minimum absolute atomic E-state index is 0.0965. The molecule has 3 aromatic rings. The van der Waals surface area contributed by atoms with Gasteiger partial charge in [-0.15, -0.1) is 0 Å². The van der Waals surface area contributed by atoms with Crippen LogP contribution in [0.1, 0.15) is 74.8 Å². The fraction of sp³-hybridized carbons (Fsp3) is 0.467. The molecule has 40 heavy (non-hydrogen) atoms. The van der Waals surface area contributed by atoms with Crippen molar-refractivity contribution < 1.29 is 28.3 Å². The molecule has 0 fully saturated rings. The predicted molar refractivity (Wildman–Crippen MR) is 150 cm³/mol. The van der Waals surface area contributed by atoms with Gasteiger partial charge in [0.05, 0.1) is 7.11 Å². The Bertz CT molecular complexity index is 1410. The number of nitrogens with zero attached hydrogens (tertiary/aromatic N) is 2. The average molecular weight is 551 g/mol. The highest BCUT2D eigenvalue weighted by molar-refractivity contribution is 5.89. The number of methoxy groups -OCH3 is 1. The van der Waals surface area contributed by atoms with Crippen LogP contribution in [0.25, 0.3) is 10.9 Å². The van der Waals surface area contributed by atoms with Crippen LogP contribution >= 0.6 is 0 Å². The molecule has 2 atom stereocenters. The number of allylic oxidation sites excluding steroid dienone is 2. The van der Waals surface area contributed by atoms with Gasteiger partial charge in [-0.2, -0.15) is 0 Å². The number of esters is 1. The van der Waals surface area contributed by atoms with Crippen LogP contribution in [0.15, 0.2) is 47.0 Å². The van der Waals surface area contributed by atoms with Crippen molar-refractivity contribution in [3.63, 3.8) is 0 Å². The Labute approximate surface area is 234 Å². The van der Waals surface area contributed by atoms with Gasteiger partial charge >= 0.3 is 12.1 Å². The fourth-order valence-corrected chi connectivity index (χ4v) is 4.73. The van der Waals surface area contributed by atoms with E-state index in [1.165, 1.54) is 7.11 Å². The number of ether oxygens (including phenoxy) is 2. The van der Waals surface area contributed by atoms with Crippen LogP contribution in [0, 0.1) is 5.92 Å². The number of carbonyl (C=O) groups is 3. The van der Waals surface area contributed by atoms with E-state index in [4.69, 9.17) is 13.9 Å². The quantitative estimate of drug-likeness (QED) is 0.352. The zero-order valence-electron chi connectivity index (χ0n) is 23.9. The maximum absolute atomic E-state index is 13.8. The van der Waals surface area contributed by atoms with E-state index in [2.05, 4.69) is 26.3 Å². The topological polar surface area (TPSA) is 125 Å². The van der Waals surface area contributed by atoms with Crippen molar-refractivity contribution in [2.45, 2.75) is 78.1 Å². The summed E-state index contributed by atoms with van der Waals surface area (Å²) in [6.45, 7) is 9.73. The maximum atomic E-state index is 13.8. The standard InChI is InChI=1S/C30H38N4O6/c1-18(2)24-27-33-25(28(36)38-6)23(39-27)14-8-7-11-15-34-17-19(20-12-9-10-13-22(20)34)16-21(26(35)32-24)31-29(37)40-30(3,4)5/h7,9-13,17-18,21,24H,8,14-16H2,1-6H3,(H,31,37)(H,32,35)/t21-,24?/m0/s1. The van der Waals surface area contributed by atoms with Gasteiger partial charge in [-0.25, -0.2) is 14.6 Å². The molecule has 10 nitrogen and oxygen atoms in total. The summed E-state index contributed by atoms with van der Waals surface area (Å²) in [5, 5.41) is 6.78. The summed E-state index contributed by atoms with van der Waals surface area (Å²) in [5.41, 5.74) is 1.30. The molecule has 0 spiro atoms. The van der Waals surface area contributed by atoms with Crippen molar-refractivity contribution in [3.05, 3.63) is 65.5 Å². The van der Waals surface area contributed by atoms with E-state index in [0.717, 1.165) is 16.5 Å². The Morgan fingerprint density at radius 2 is 1.95 bits per heavy atom. The zero-order valence-corrected chi connectivity index (χ0v) is 23.9. The van der Waals surface area contributed by atoms with Gasteiger partial charge in [0.2, 0.25) is 11.8 Å². The van der Waals surface area contributed by atoms with Crippen molar-refractivity contribution in [3.8, 4) is 0 Å². The predicted octanol–water partition coefficient (Wildman–Crippen LogP) is 4.87. The second-order valence-corrected chi connectivity index (χ2v) is 11.3. The number of fused-ring (bicyclic) bond motifs is 7. The van der Waals surface area contributed by atoms with Crippen LogP contribution in [-0.4, -0.2) is 46.3 Å². The smallest absolute Gasteiger partial charge is 0.408 e. The monoisotopic (exact) mass is 550 g/mol. The van der Waals surface area contributed by atoms with E-state index < -0.39 is 35.7 Å². The van der Waals surface area contributed by atoms with Gasteiger partial charge in [-0.05, 0) is 44.7 Å². The van der Waals surface area contributed by atoms with Crippen molar-refractivity contribution >= 4 is 28.9 Å². The lowest BCUT2D eigenvalue weighted by atomic mass is 10.0. The van der Waals surface area contributed by atoms with Gasteiger partial charge in [0, 0.05) is 36.5 Å². The summed E-state index contributed by atoms with van der Waals surface area (Å²) < 4.78 is 18.6. The summed E-state index contributed by atoms with van der Waals surface area (Å²) in [5.74, 6) is -0.550. The van der Waals surface area contributed by atoms with E-state index >= 15 is 0 Å². The number of carbonyl (C=O) groups excluding carboxylic acids is 3. The largest absolute Gasteiger partial charge is 0.464 e. The second-order valence-electron chi connectivity index (χ2n) is 11.3. The number of oxazole rings is 1.